The van der Waals surface area contributed by atoms with E-state index in [2.05, 4.69) is 47.5 Å². The quantitative estimate of drug-likeness (QED) is 0.127. The van der Waals surface area contributed by atoms with E-state index in [4.69, 9.17) is 38.6 Å². The molecule has 0 amide bonds. The van der Waals surface area contributed by atoms with Crippen molar-refractivity contribution in [3.8, 4) is 11.5 Å². The third kappa shape index (κ3) is 7.41. The molecule has 0 bridgehead atoms. The molecule has 11 nitrogen and oxygen atoms in total. The second-order valence-corrected chi connectivity index (χ2v) is 14.5. The molecule has 2 aromatic heterocycles. The number of fused-ring (bicyclic) bond motifs is 2. The van der Waals surface area contributed by atoms with Crippen molar-refractivity contribution in [3.05, 3.63) is 94.8 Å². The van der Waals surface area contributed by atoms with Crippen LogP contribution in [0.5, 0.6) is 11.5 Å². The van der Waals surface area contributed by atoms with E-state index in [0.29, 0.717) is 50.3 Å². The summed E-state index contributed by atoms with van der Waals surface area (Å²) >= 11 is 1.04. The third-order valence-corrected chi connectivity index (χ3v) is 10.7. The fraction of sp³-hybridized carbons (Fsp3) is 0.436. The fourth-order valence-electron chi connectivity index (χ4n) is 7.49. The van der Waals surface area contributed by atoms with Gasteiger partial charge in [0.05, 0.1) is 45.8 Å². The van der Waals surface area contributed by atoms with Gasteiger partial charge in [0, 0.05) is 50.2 Å². The Morgan fingerprint density at radius 2 is 1.57 bits per heavy atom. The zero-order valence-electron chi connectivity index (χ0n) is 29.6. The minimum atomic E-state index is -0.773. The highest BCUT2D eigenvalue weighted by Crippen LogP contribution is 2.50. The lowest BCUT2D eigenvalue weighted by Crippen LogP contribution is -2.61. The number of ether oxygens (including phenoxy) is 5. The molecule has 0 radical (unpaired) electrons. The largest absolute Gasteiger partial charge is 0.497 e. The Bertz CT molecular complexity index is 1790. The van der Waals surface area contributed by atoms with E-state index < -0.39 is 11.4 Å². The van der Waals surface area contributed by atoms with Gasteiger partial charge in [-0.1, -0.05) is 36.8 Å². The summed E-state index contributed by atoms with van der Waals surface area (Å²) in [4.78, 5) is 29.3. The van der Waals surface area contributed by atoms with Gasteiger partial charge in [0.1, 0.15) is 28.7 Å². The number of nitrogens with zero attached hydrogens (tertiary/aromatic N) is 4. The monoisotopic (exact) mass is 711 g/mol. The number of benzene rings is 2. The SMILES string of the molecule is COc1ccc(CN(Cc2ccc(OC)cc2)c2ncccc2C(C)Nc2nc(SC(C)=O)nc3c2COC2(CCCCC24OCCO4)C3)cc1. The van der Waals surface area contributed by atoms with Crippen LogP contribution in [0.1, 0.15) is 73.5 Å². The van der Waals surface area contributed by atoms with Gasteiger partial charge in [0.25, 0.3) is 0 Å². The number of pyridine rings is 1. The first kappa shape index (κ1) is 35.2. The number of hydrogen-bond donors (Lipinski definition) is 1. The summed E-state index contributed by atoms with van der Waals surface area (Å²) in [6, 6.07) is 20.1. The van der Waals surface area contributed by atoms with E-state index in [1.807, 2.05) is 36.5 Å². The van der Waals surface area contributed by atoms with Gasteiger partial charge in [-0.2, -0.15) is 0 Å². The minimum Gasteiger partial charge on any atom is -0.497 e. The summed E-state index contributed by atoms with van der Waals surface area (Å²) in [6.07, 6.45) is 6.02. The molecule has 2 spiro atoms. The summed E-state index contributed by atoms with van der Waals surface area (Å²) in [7, 11) is 3.34. The van der Waals surface area contributed by atoms with Crippen LogP contribution in [0.25, 0.3) is 0 Å². The third-order valence-electron chi connectivity index (χ3n) is 10.0. The van der Waals surface area contributed by atoms with E-state index in [0.717, 1.165) is 82.7 Å². The van der Waals surface area contributed by atoms with Gasteiger partial charge < -0.3 is 33.9 Å². The Morgan fingerprint density at radius 3 is 2.20 bits per heavy atom. The van der Waals surface area contributed by atoms with Crippen molar-refractivity contribution < 1.29 is 28.5 Å². The topological polar surface area (TPSA) is 117 Å². The normalized spacial score (nSPS) is 19.8. The van der Waals surface area contributed by atoms with Gasteiger partial charge in [-0.15, -0.1) is 0 Å². The van der Waals surface area contributed by atoms with Crippen LogP contribution < -0.4 is 19.7 Å². The average molecular weight is 712 g/mol. The Hall–Kier alpha value is -4.23. The summed E-state index contributed by atoms with van der Waals surface area (Å²) in [6.45, 7) is 6.30. The van der Waals surface area contributed by atoms with Crippen LogP contribution in [-0.4, -0.2) is 58.9 Å². The Kier molecular flexibility index (Phi) is 10.5. The van der Waals surface area contributed by atoms with Crippen molar-refractivity contribution in [2.75, 3.05) is 37.7 Å². The summed E-state index contributed by atoms with van der Waals surface area (Å²) < 4.78 is 30.2. The number of thioether (sulfide) groups is 1. The zero-order valence-corrected chi connectivity index (χ0v) is 30.5. The van der Waals surface area contributed by atoms with E-state index in [1.165, 1.54) is 6.92 Å². The minimum absolute atomic E-state index is 0.0745. The summed E-state index contributed by atoms with van der Waals surface area (Å²) in [5, 5.41) is 4.03. The zero-order chi connectivity index (χ0) is 35.4. The molecule has 2 unspecified atom stereocenters. The molecule has 1 N–H and O–H groups in total. The van der Waals surface area contributed by atoms with Crippen molar-refractivity contribution in [1.82, 2.24) is 15.0 Å². The van der Waals surface area contributed by atoms with Crippen molar-refractivity contribution in [1.29, 1.82) is 0 Å². The van der Waals surface area contributed by atoms with Gasteiger partial charge in [-0.05, 0) is 73.0 Å². The molecular weight excluding hydrogens is 667 g/mol. The van der Waals surface area contributed by atoms with Gasteiger partial charge in [0.2, 0.25) is 0 Å². The maximum atomic E-state index is 12.3. The van der Waals surface area contributed by atoms with Gasteiger partial charge >= 0.3 is 0 Å². The van der Waals surface area contributed by atoms with Crippen LogP contribution in [0, 0.1) is 0 Å². The average Bonchev–Trinajstić information content (AvgIpc) is 3.63. The first-order valence-electron chi connectivity index (χ1n) is 17.5. The second-order valence-electron chi connectivity index (χ2n) is 13.3. The number of hydrogen-bond acceptors (Lipinski definition) is 12. The molecule has 7 rings (SSSR count). The van der Waals surface area contributed by atoms with Crippen molar-refractivity contribution in [3.63, 3.8) is 0 Å². The molecule has 4 aromatic rings. The van der Waals surface area contributed by atoms with E-state index >= 15 is 0 Å². The Balaban J connectivity index is 1.21. The maximum Gasteiger partial charge on any atom is 0.198 e. The molecule has 3 aliphatic rings. The molecule has 1 aliphatic carbocycles. The Labute approximate surface area is 303 Å². The predicted octanol–water partition coefficient (Wildman–Crippen LogP) is 7.04. The molecule has 2 fully saturated rings. The molecule has 2 aliphatic heterocycles. The lowest BCUT2D eigenvalue weighted by molar-refractivity contribution is -0.308. The Morgan fingerprint density at radius 1 is 0.922 bits per heavy atom. The number of aromatic nitrogens is 3. The van der Waals surface area contributed by atoms with Crippen LogP contribution in [0.4, 0.5) is 11.6 Å². The van der Waals surface area contributed by atoms with E-state index in [1.54, 1.807) is 14.2 Å². The number of anilines is 2. The van der Waals surface area contributed by atoms with Crippen LogP contribution in [0.2, 0.25) is 0 Å². The van der Waals surface area contributed by atoms with Crippen LogP contribution >= 0.6 is 11.8 Å². The number of carbonyl (C=O) groups is 1. The molecule has 1 saturated carbocycles. The first-order chi connectivity index (χ1) is 24.8. The molecule has 268 valence electrons. The predicted molar refractivity (Wildman–Crippen MR) is 195 cm³/mol. The molecule has 2 aromatic carbocycles. The number of rotatable bonds is 11. The van der Waals surface area contributed by atoms with Crippen molar-refractivity contribution >= 4 is 28.5 Å². The standard InChI is InChI=1S/C39H45N5O6S/c1-26(32-8-7-19-40-36(32)44(23-28-9-13-30(46-3)14-10-28)24-29-11-15-31(47-4)16-12-29)41-35-33-25-50-38(17-5-6-18-39(38)48-20-21-49-39)22-34(33)42-37(43-35)51-27(2)45/h7-16,19,26H,5-6,17-18,20-25H2,1-4H3,(H,41,42,43). The van der Waals surface area contributed by atoms with Crippen LogP contribution in [-0.2, 0) is 45.1 Å². The maximum absolute atomic E-state index is 12.3. The molecule has 12 heteroatoms. The lowest BCUT2D eigenvalue weighted by Gasteiger charge is -2.51. The summed E-state index contributed by atoms with van der Waals surface area (Å²) in [5.41, 5.74) is 4.36. The molecule has 2 atom stereocenters. The first-order valence-corrected chi connectivity index (χ1v) is 18.3. The van der Waals surface area contributed by atoms with E-state index in [-0.39, 0.29) is 11.2 Å². The van der Waals surface area contributed by atoms with Gasteiger partial charge in [-0.25, -0.2) is 15.0 Å². The summed E-state index contributed by atoms with van der Waals surface area (Å²) in [5.74, 6) is 2.34. The van der Waals surface area contributed by atoms with Gasteiger partial charge in [0.15, 0.2) is 16.1 Å². The van der Waals surface area contributed by atoms with Crippen LogP contribution in [0.3, 0.4) is 0 Å². The molecule has 4 heterocycles. The highest BCUT2D eigenvalue weighted by Gasteiger charge is 2.60. The lowest BCUT2D eigenvalue weighted by atomic mass is 9.74. The number of methoxy groups -OCH3 is 2. The number of nitrogens with one attached hydrogen (secondary N) is 1. The highest BCUT2D eigenvalue weighted by atomic mass is 32.2. The highest BCUT2D eigenvalue weighted by molar-refractivity contribution is 8.13. The number of carbonyl (C=O) groups excluding carboxylic acids is 1. The van der Waals surface area contributed by atoms with E-state index in [9.17, 15) is 4.79 Å². The second kappa shape index (κ2) is 15.2. The molecule has 1 saturated heterocycles. The van der Waals surface area contributed by atoms with Crippen molar-refractivity contribution in [2.24, 2.45) is 0 Å². The van der Waals surface area contributed by atoms with Crippen molar-refractivity contribution in [2.45, 2.75) is 88.2 Å². The smallest absolute Gasteiger partial charge is 0.198 e. The van der Waals surface area contributed by atoms with Gasteiger partial charge in [-0.3, -0.25) is 4.79 Å². The fourth-order valence-corrected chi connectivity index (χ4v) is 8.04. The van der Waals surface area contributed by atoms with Crippen LogP contribution in [0.15, 0.2) is 72.0 Å². The molecular formula is C39H45N5O6S. The molecule has 51 heavy (non-hydrogen) atoms.